The topological polar surface area (TPSA) is 268 Å². The summed E-state index contributed by atoms with van der Waals surface area (Å²) < 4.78 is 36.1. The second kappa shape index (κ2) is 18.7. The summed E-state index contributed by atoms with van der Waals surface area (Å²) in [6, 6.07) is 0. The first kappa shape index (κ1) is 53.0. The molecule has 0 amide bonds. The maximum atomic E-state index is 13.7. The van der Waals surface area contributed by atoms with Crippen LogP contribution in [0.15, 0.2) is 34.9 Å². The highest BCUT2D eigenvalue weighted by atomic mass is 16.7. The number of hydrogen-bond acceptors (Lipinski definition) is 16. The molecular weight excluding hydrogens is 885 g/mol. The first-order valence-electron chi connectivity index (χ1n) is 24.5. The molecule has 0 spiro atoms. The van der Waals surface area contributed by atoms with Gasteiger partial charge in [0, 0.05) is 16.6 Å². The minimum Gasteiger partial charge on any atom is -0.479 e. The minimum absolute atomic E-state index is 0.0612. The predicted octanol–water partition coefficient (Wildman–Crippen LogP) is 3.47. The number of aliphatic carboxylic acids is 1. The quantitative estimate of drug-likeness (QED) is 0.0674. The molecule has 0 aromatic rings. The van der Waals surface area contributed by atoms with Crippen molar-refractivity contribution in [1.29, 1.82) is 0 Å². The summed E-state index contributed by atoms with van der Waals surface area (Å²) in [4.78, 5) is 39.6. The molecule has 0 radical (unpaired) electrons. The molecule has 5 aliphatic carbocycles. The zero-order valence-corrected chi connectivity index (χ0v) is 41.6. The number of hydrogen-bond donors (Lipinski definition) is 8. The number of carbonyl (C=O) groups is 3. The van der Waals surface area contributed by atoms with Gasteiger partial charge >= 0.3 is 17.9 Å². The molecule has 7 aliphatic rings. The molecule has 2 heterocycles. The Morgan fingerprint density at radius 3 is 1.97 bits per heavy atom. The molecule has 68 heavy (non-hydrogen) atoms. The van der Waals surface area contributed by atoms with Crippen molar-refractivity contribution in [3.63, 3.8) is 0 Å². The number of carbonyl (C=O) groups excluding carboxylic acids is 2. The molecule has 17 nitrogen and oxygen atoms in total. The van der Waals surface area contributed by atoms with Gasteiger partial charge in [0.25, 0.3) is 0 Å². The molecular formula is C51H78O17. The molecule has 2 aliphatic heterocycles. The van der Waals surface area contributed by atoms with Gasteiger partial charge in [0.05, 0.1) is 30.8 Å². The summed E-state index contributed by atoms with van der Waals surface area (Å²) in [7, 11) is 0. The van der Waals surface area contributed by atoms with Gasteiger partial charge in [-0.3, -0.25) is 0 Å². The SMILES string of the molecule is CC=C(C)C(=O)O[C@H]1[C@H](OC(=O)/C(C)=C\C)[C@]2(CO)[C@H](O)C[C@]3(C)C(=CC[C@@H]4[C@@]5(C)CC[C@H](O[C@@H]6O[C@H](C(=O)O)[C@@H](O)[C@H](O[C@@H]7OC[C@H](O)[C@H](O)[C@H]7O)[C@H]6O)C(C)(C)[C@@H]5CC[C@]43C)[C@@H]2CC1(C)C. The third kappa shape index (κ3) is 8.15. The zero-order chi connectivity index (χ0) is 50.4. The second-order valence-corrected chi connectivity index (χ2v) is 23.2. The average molecular weight is 963 g/mol. The van der Waals surface area contributed by atoms with Crippen LogP contribution in [0.5, 0.6) is 0 Å². The Labute approximate surface area is 399 Å². The Bertz CT molecular complexity index is 2030. The number of carboxylic acids is 1. The first-order valence-corrected chi connectivity index (χ1v) is 24.5. The Morgan fingerprint density at radius 1 is 0.765 bits per heavy atom. The number of carboxylic acid groups (broad SMARTS) is 1. The van der Waals surface area contributed by atoms with Gasteiger partial charge in [-0.15, -0.1) is 0 Å². The molecule has 0 aromatic carbocycles. The molecule has 0 aromatic heterocycles. The molecule has 0 unspecified atom stereocenters. The lowest BCUT2D eigenvalue weighted by Crippen LogP contribution is -2.72. The van der Waals surface area contributed by atoms with E-state index < -0.39 is 138 Å². The third-order valence-corrected chi connectivity index (χ3v) is 19.1. The average Bonchev–Trinajstić information content (AvgIpc) is 3.27. The molecule has 6 fully saturated rings. The van der Waals surface area contributed by atoms with E-state index in [0.29, 0.717) is 36.8 Å². The Hall–Kier alpha value is -2.81. The number of rotatable bonds is 10. The van der Waals surface area contributed by atoms with Gasteiger partial charge in [-0.1, -0.05) is 72.3 Å². The largest absolute Gasteiger partial charge is 0.479 e. The highest BCUT2D eigenvalue weighted by Gasteiger charge is 2.74. The Balaban J connectivity index is 1.18. The van der Waals surface area contributed by atoms with E-state index in [2.05, 4.69) is 40.7 Å². The van der Waals surface area contributed by atoms with Crippen molar-refractivity contribution in [2.45, 2.75) is 201 Å². The number of aliphatic hydroxyl groups excluding tert-OH is 7. The number of allylic oxidation sites excluding steroid dienone is 4. The van der Waals surface area contributed by atoms with Gasteiger partial charge in [-0.2, -0.15) is 0 Å². The van der Waals surface area contributed by atoms with E-state index in [1.165, 1.54) is 0 Å². The maximum absolute atomic E-state index is 13.7. The van der Waals surface area contributed by atoms with Crippen molar-refractivity contribution in [2.24, 2.45) is 50.2 Å². The molecule has 0 bridgehead atoms. The summed E-state index contributed by atoms with van der Waals surface area (Å²) in [6.07, 6.45) is -9.33. The van der Waals surface area contributed by atoms with Crippen LogP contribution in [0.1, 0.15) is 121 Å². The van der Waals surface area contributed by atoms with Crippen molar-refractivity contribution in [3.8, 4) is 0 Å². The standard InChI is InChI=1S/C51H78O17/c1-12-24(3)42(61)67-39-40(68-43(62)25(4)13-2)51(23-52)27(20-46(39,5)6)26-14-15-30-48(9)18-17-32(47(7,8)29(48)16-19-49(30,10)50(26,11)21-31(51)54)64-45-36(58)37(35(57)38(66-45)41(59)60)65-44-34(56)33(55)28(53)22-63-44/h12-14,27-40,44-45,52-58H,15-23H2,1-11H3,(H,59,60)/b24-12?,25-13-/t27-,28-,29-,30+,31+,32-,33-,34+,35-,36+,37-,38-,39-,40-,44-,45+,48-,49+,50+,51-/m0/s1. The molecule has 8 N–H and O–H groups in total. The van der Waals surface area contributed by atoms with Gasteiger partial charge in [-0.05, 0) is 112 Å². The number of esters is 2. The van der Waals surface area contributed by atoms with E-state index in [9.17, 15) is 55.2 Å². The Kier molecular flexibility index (Phi) is 14.5. The van der Waals surface area contributed by atoms with Crippen molar-refractivity contribution in [3.05, 3.63) is 34.9 Å². The van der Waals surface area contributed by atoms with E-state index in [1.807, 2.05) is 13.8 Å². The van der Waals surface area contributed by atoms with E-state index in [4.69, 9.17) is 28.4 Å². The molecule has 2 saturated heterocycles. The van der Waals surface area contributed by atoms with Crippen LogP contribution in [0.3, 0.4) is 0 Å². The fraction of sp³-hybridized carbons (Fsp3) is 0.824. The van der Waals surface area contributed by atoms with Gasteiger partial charge in [0.2, 0.25) is 0 Å². The maximum Gasteiger partial charge on any atom is 0.335 e. The van der Waals surface area contributed by atoms with Gasteiger partial charge in [-0.25, -0.2) is 14.4 Å². The fourth-order valence-electron chi connectivity index (χ4n) is 14.6. The molecule has 17 heteroatoms. The van der Waals surface area contributed by atoms with Crippen LogP contribution in [0.25, 0.3) is 0 Å². The van der Waals surface area contributed by atoms with E-state index >= 15 is 0 Å². The van der Waals surface area contributed by atoms with Gasteiger partial charge in [0.15, 0.2) is 24.8 Å². The third-order valence-electron chi connectivity index (χ3n) is 19.1. The summed E-state index contributed by atoms with van der Waals surface area (Å²) in [5, 5.41) is 88.0. The smallest absolute Gasteiger partial charge is 0.335 e. The van der Waals surface area contributed by atoms with Gasteiger partial charge in [0.1, 0.15) is 42.7 Å². The van der Waals surface area contributed by atoms with Gasteiger partial charge < -0.3 is 69.3 Å². The first-order chi connectivity index (χ1) is 31.6. The minimum atomic E-state index is -1.92. The van der Waals surface area contributed by atoms with Crippen LogP contribution in [0.4, 0.5) is 0 Å². The number of aliphatic hydroxyl groups is 7. The fourth-order valence-corrected chi connectivity index (χ4v) is 14.6. The highest BCUT2D eigenvalue weighted by Crippen LogP contribution is 2.76. The van der Waals surface area contributed by atoms with E-state index in [0.717, 1.165) is 18.4 Å². The summed E-state index contributed by atoms with van der Waals surface area (Å²) in [6.45, 7) is 20.9. The molecule has 20 atom stereocenters. The lowest BCUT2D eigenvalue weighted by molar-refractivity contribution is -0.357. The normalized spacial score (nSPS) is 47.8. The highest BCUT2D eigenvalue weighted by molar-refractivity contribution is 5.89. The predicted molar refractivity (Wildman–Crippen MR) is 243 cm³/mol. The van der Waals surface area contributed by atoms with Crippen LogP contribution in [-0.2, 0) is 42.8 Å². The zero-order valence-electron chi connectivity index (χ0n) is 41.6. The summed E-state index contributed by atoms with van der Waals surface area (Å²) in [5.74, 6) is -2.96. The lowest BCUT2D eigenvalue weighted by Gasteiger charge is -2.72. The van der Waals surface area contributed by atoms with Crippen LogP contribution in [0, 0.1) is 50.2 Å². The second-order valence-electron chi connectivity index (χ2n) is 23.2. The van der Waals surface area contributed by atoms with Crippen LogP contribution in [-0.4, -0.2) is 152 Å². The molecule has 384 valence electrons. The van der Waals surface area contributed by atoms with Crippen molar-refractivity contribution in [1.82, 2.24) is 0 Å². The van der Waals surface area contributed by atoms with Crippen molar-refractivity contribution >= 4 is 17.9 Å². The van der Waals surface area contributed by atoms with E-state index in [1.54, 1.807) is 39.8 Å². The van der Waals surface area contributed by atoms with Crippen molar-refractivity contribution in [2.75, 3.05) is 13.2 Å². The number of fused-ring (bicyclic) bond motifs is 7. The monoisotopic (exact) mass is 963 g/mol. The summed E-state index contributed by atoms with van der Waals surface area (Å²) in [5.41, 5.74) is -2.05. The Morgan fingerprint density at radius 2 is 1.38 bits per heavy atom. The van der Waals surface area contributed by atoms with E-state index in [-0.39, 0.29) is 29.1 Å². The van der Waals surface area contributed by atoms with Crippen LogP contribution in [0.2, 0.25) is 0 Å². The number of ether oxygens (including phenoxy) is 6. The lowest BCUT2D eigenvalue weighted by atomic mass is 9.33. The van der Waals surface area contributed by atoms with Crippen molar-refractivity contribution < 1.29 is 83.7 Å². The molecule has 7 rings (SSSR count). The molecule has 4 saturated carbocycles. The summed E-state index contributed by atoms with van der Waals surface area (Å²) >= 11 is 0. The van der Waals surface area contributed by atoms with Crippen LogP contribution < -0.4 is 0 Å². The van der Waals surface area contributed by atoms with Crippen LogP contribution >= 0.6 is 0 Å².